The molecule has 0 atom stereocenters. The lowest BCUT2D eigenvalue weighted by atomic mass is 9.81. The number of carbonyl (C=O) groups is 1. The lowest BCUT2D eigenvalue weighted by molar-refractivity contribution is 0.0879. The third-order valence-electron chi connectivity index (χ3n) is 3.48. The van der Waals surface area contributed by atoms with Crippen molar-refractivity contribution in [2.45, 2.75) is 44.6 Å². The molecule has 0 aromatic carbocycles. The summed E-state index contributed by atoms with van der Waals surface area (Å²) in [4.78, 5) is 16.4. The zero-order valence-corrected chi connectivity index (χ0v) is 11.2. The second-order valence-electron chi connectivity index (χ2n) is 4.73. The van der Waals surface area contributed by atoms with Crippen molar-refractivity contribution in [1.82, 2.24) is 10.3 Å². The Bertz CT molecular complexity index is 464. The van der Waals surface area contributed by atoms with E-state index in [0.717, 1.165) is 32.1 Å². The van der Waals surface area contributed by atoms with Gasteiger partial charge in [0, 0.05) is 0 Å². The van der Waals surface area contributed by atoms with E-state index in [2.05, 4.69) is 10.3 Å². The molecule has 0 aliphatic heterocycles. The number of aryl methyl sites for hydroxylation is 1. The van der Waals surface area contributed by atoms with Crippen molar-refractivity contribution in [3.8, 4) is 0 Å². The molecule has 1 aliphatic carbocycles. The summed E-state index contributed by atoms with van der Waals surface area (Å²) in [6, 6.07) is 0. The molecule has 18 heavy (non-hydrogen) atoms. The molecular weight excluding hydrogens is 250 g/mol. The lowest BCUT2D eigenvalue weighted by Crippen LogP contribution is -2.57. The van der Waals surface area contributed by atoms with Gasteiger partial charge >= 0.3 is 0 Å². The first-order valence-corrected chi connectivity index (χ1v) is 6.48. The van der Waals surface area contributed by atoms with Crippen LogP contribution < -0.4 is 11.1 Å². The molecule has 1 aromatic heterocycles. The van der Waals surface area contributed by atoms with Gasteiger partial charge in [0.25, 0.3) is 5.91 Å². The Morgan fingerprint density at radius 3 is 2.67 bits per heavy atom. The number of amides is 1. The van der Waals surface area contributed by atoms with Gasteiger partial charge in [-0.15, -0.1) is 0 Å². The van der Waals surface area contributed by atoms with Crippen LogP contribution in [0.3, 0.4) is 0 Å². The van der Waals surface area contributed by atoms with E-state index in [0.29, 0.717) is 10.7 Å². The van der Waals surface area contributed by atoms with Gasteiger partial charge in [-0.05, 0) is 19.8 Å². The van der Waals surface area contributed by atoms with E-state index >= 15 is 0 Å². The summed E-state index contributed by atoms with van der Waals surface area (Å²) in [6.07, 6.45) is 6.04. The van der Waals surface area contributed by atoms with Gasteiger partial charge in [-0.2, -0.15) is 0 Å². The molecule has 1 aliphatic rings. The maximum absolute atomic E-state index is 12.1. The second-order valence-corrected chi connectivity index (χ2v) is 5.17. The van der Waals surface area contributed by atoms with Crippen molar-refractivity contribution in [1.29, 1.82) is 0 Å². The molecule has 0 saturated heterocycles. The molecule has 0 radical (unpaired) electrons. The maximum atomic E-state index is 12.1. The van der Waals surface area contributed by atoms with Crippen LogP contribution >= 0.6 is 12.2 Å². The van der Waals surface area contributed by atoms with Gasteiger partial charge in [0.2, 0.25) is 5.76 Å². The molecule has 98 valence electrons. The Morgan fingerprint density at radius 1 is 1.50 bits per heavy atom. The molecule has 5 nitrogen and oxygen atoms in total. The summed E-state index contributed by atoms with van der Waals surface area (Å²) >= 11 is 5.13. The number of rotatable bonds is 3. The number of nitrogens with two attached hydrogens (primary N) is 1. The van der Waals surface area contributed by atoms with Gasteiger partial charge in [-0.1, -0.05) is 31.5 Å². The van der Waals surface area contributed by atoms with Crippen LogP contribution in [0, 0.1) is 6.92 Å². The monoisotopic (exact) mass is 267 g/mol. The molecule has 1 amide bonds. The van der Waals surface area contributed by atoms with E-state index < -0.39 is 5.54 Å². The smallest absolute Gasteiger partial charge is 0.289 e. The van der Waals surface area contributed by atoms with Crippen LogP contribution in [0.25, 0.3) is 0 Å². The fraction of sp³-hybridized carbons (Fsp3) is 0.583. The van der Waals surface area contributed by atoms with E-state index in [-0.39, 0.29) is 11.7 Å². The van der Waals surface area contributed by atoms with E-state index in [1.165, 1.54) is 6.39 Å². The number of aromatic nitrogens is 1. The summed E-state index contributed by atoms with van der Waals surface area (Å²) < 4.78 is 5.09. The van der Waals surface area contributed by atoms with E-state index in [9.17, 15) is 4.79 Å². The molecule has 0 unspecified atom stereocenters. The summed E-state index contributed by atoms with van der Waals surface area (Å²) in [5.41, 5.74) is 5.82. The quantitative estimate of drug-likeness (QED) is 0.815. The average Bonchev–Trinajstić information content (AvgIpc) is 2.76. The summed E-state index contributed by atoms with van der Waals surface area (Å²) in [7, 11) is 0. The van der Waals surface area contributed by atoms with Crippen molar-refractivity contribution in [2.75, 3.05) is 0 Å². The lowest BCUT2D eigenvalue weighted by Gasteiger charge is -2.36. The van der Waals surface area contributed by atoms with Crippen LogP contribution in [-0.4, -0.2) is 21.4 Å². The highest BCUT2D eigenvalue weighted by molar-refractivity contribution is 7.80. The first kappa shape index (κ1) is 13.0. The fourth-order valence-corrected chi connectivity index (χ4v) is 2.64. The number of nitrogens with one attached hydrogen (secondary N) is 1. The Morgan fingerprint density at radius 2 is 2.17 bits per heavy atom. The minimum Gasteiger partial charge on any atom is -0.438 e. The van der Waals surface area contributed by atoms with Crippen LogP contribution in [-0.2, 0) is 0 Å². The molecule has 1 heterocycles. The predicted octanol–water partition coefficient (Wildman–Crippen LogP) is 1.70. The topological polar surface area (TPSA) is 81.2 Å². The molecule has 0 spiro atoms. The molecule has 1 aromatic rings. The number of carbonyl (C=O) groups excluding carboxylic acids is 1. The average molecular weight is 267 g/mol. The first-order chi connectivity index (χ1) is 8.55. The number of nitrogens with zero attached hydrogens (tertiary/aromatic N) is 1. The van der Waals surface area contributed by atoms with Gasteiger partial charge in [-0.25, -0.2) is 4.98 Å². The zero-order chi connectivity index (χ0) is 13.2. The summed E-state index contributed by atoms with van der Waals surface area (Å²) in [5, 5.41) is 2.94. The Labute approximate surface area is 111 Å². The van der Waals surface area contributed by atoms with Gasteiger partial charge in [0.15, 0.2) is 6.39 Å². The Balaban J connectivity index is 2.17. The zero-order valence-electron chi connectivity index (χ0n) is 10.4. The van der Waals surface area contributed by atoms with Gasteiger partial charge in [0.1, 0.15) is 0 Å². The molecule has 6 heteroatoms. The Hall–Kier alpha value is -1.43. The fourth-order valence-electron chi connectivity index (χ4n) is 2.38. The van der Waals surface area contributed by atoms with Crippen LogP contribution in [0.15, 0.2) is 10.8 Å². The van der Waals surface area contributed by atoms with Crippen LogP contribution in [0.2, 0.25) is 0 Å². The van der Waals surface area contributed by atoms with Crippen LogP contribution in [0.1, 0.15) is 48.4 Å². The largest absolute Gasteiger partial charge is 0.438 e. The number of hydrogen-bond acceptors (Lipinski definition) is 4. The van der Waals surface area contributed by atoms with Gasteiger partial charge in [0.05, 0.1) is 16.2 Å². The maximum Gasteiger partial charge on any atom is 0.289 e. The van der Waals surface area contributed by atoms with E-state index in [4.69, 9.17) is 22.4 Å². The van der Waals surface area contributed by atoms with E-state index in [1.807, 2.05) is 0 Å². The minimum atomic E-state index is -0.566. The minimum absolute atomic E-state index is 0.233. The number of hydrogen-bond donors (Lipinski definition) is 2. The normalized spacial score (nSPS) is 18.3. The molecule has 1 saturated carbocycles. The number of thiocarbonyl (C=S) groups is 1. The third kappa shape index (κ3) is 2.38. The molecule has 2 rings (SSSR count). The van der Waals surface area contributed by atoms with Crippen molar-refractivity contribution in [3.05, 3.63) is 17.8 Å². The summed E-state index contributed by atoms with van der Waals surface area (Å²) in [5.74, 6) is -0.0594. The molecule has 3 N–H and O–H groups in total. The molecule has 1 fully saturated rings. The van der Waals surface area contributed by atoms with Crippen molar-refractivity contribution in [2.24, 2.45) is 5.73 Å². The standard InChI is InChI=1S/C12H17N3O2S/c1-8-9(17-7-14-8)10(16)15-12(11(13)18)5-3-2-4-6-12/h7H,2-6H2,1H3,(H2,13,18)(H,15,16). The Kier molecular flexibility index (Phi) is 3.65. The van der Waals surface area contributed by atoms with Gasteiger partial charge in [-0.3, -0.25) is 4.79 Å². The number of oxazole rings is 1. The summed E-state index contributed by atoms with van der Waals surface area (Å²) in [6.45, 7) is 1.73. The van der Waals surface area contributed by atoms with E-state index in [1.54, 1.807) is 6.92 Å². The van der Waals surface area contributed by atoms with Crippen molar-refractivity contribution < 1.29 is 9.21 Å². The third-order valence-corrected chi connectivity index (χ3v) is 3.87. The molecular formula is C12H17N3O2S. The SMILES string of the molecule is Cc1ncoc1C(=O)NC1(C(N)=S)CCCCC1. The van der Waals surface area contributed by atoms with Gasteiger partial charge < -0.3 is 15.5 Å². The van der Waals surface area contributed by atoms with Crippen molar-refractivity contribution in [3.63, 3.8) is 0 Å². The van der Waals surface area contributed by atoms with Crippen molar-refractivity contribution >= 4 is 23.1 Å². The highest BCUT2D eigenvalue weighted by atomic mass is 32.1. The second kappa shape index (κ2) is 5.06. The molecule has 0 bridgehead atoms. The highest BCUT2D eigenvalue weighted by Crippen LogP contribution is 2.29. The first-order valence-electron chi connectivity index (χ1n) is 6.08. The predicted molar refractivity (Wildman–Crippen MR) is 71.3 cm³/mol. The highest BCUT2D eigenvalue weighted by Gasteiger charge is 2.37. The van der Waals surface area contributed by atoms with Crippen LogP contribution in [0.5, 0.6) is 0 Å². The van der Waals surface area contributed by atoms with Crippen LogP contribution in [0.4, 0.5) is 0 Å².